The number of hydrogen-bond acceptors (Lipinski definition) is 4. The maximum absolute atomic E-state index is 12.3. The van der Waals surface area contributed by atoms with Gasteiger partial charge in [-0.25, -0.2) is 13.1 Å². The Morgan fingerprint density at radius 1 is 1.35 bits per heavy atom. The topological polar surface area (TPSA) is 92.4 Å². The highest BCUT2D eigenvalue weighted by Crippen LogP contribution is 2.37. The first-order valence-electron chi connectivity index (χ1n) is 6.54. The van der Waals surface area contributed by atoms with E-state index in [-0.39, 0.29) is 29.1 Å². The molecule has 1 aliphatic rings. The van der Waals surface area contributed by atoms with Gasteiger partial charge >= 0.3 is 0 Å². The van der Waals surface area contributed by atoms with Crippen molar-refractivity contribution >= 4 is 31.6 Å². The molecule has 1 aromatic carbocycles. The maximum atomic E-state index is 12.3. The molecule has 0 atom stereocenters. The number of aliphatic hydroxyl groups excluding tert-OH is 1. The van der Waals surface area contributed by atoms with Crippen molar-refractivity contribution in [2.45, 2.75) is 30.6 Å². The number of nitrogens with two attached hydrogens (primary N) is 1. The van der Waals surface area contributed by atoms with Crippen molar-refractivity contribution in [3.05, 3.63) is 22.7 Å². The lowest BCUT2D eigenvalue weighted by Gasteiger charge is -2.26. The van der Waals surface area contributed by atoms with Crippen LogP contribution in [0.5, 0.6) is 0 Å². The number of hydrogen-bond donors (Lipinski definition) is 3. The second-order valence-corrected chi connectivity index (χ2v) is 8.02. The van der Waals surface area contributed by atoms with E-state index in [2.05, 4.69) is 20.7 Å². The molecule has 1 saturated carbocycles. The summed E-state index contributed by atoms with van der Waals surface area (Å²) in [4.78, 5) is 0.0676. The van der Waals surface area contributed by atoms with Gasteiger partial charge in [0, 0.05) is 23.0 Å². The van der Waals surface area contributed by atoms with Crippen LogP contribution in [0.3, 0.4) is 0 Å². The lowest BCUT2D eigenvalue weighted by atomic mass is 9.88. The largest absolute Gasteiger partial charge is 0.398 e. The van der Waals surface area contributed by atoms with Gasteiger partial charge in [-0.05, 0) is 31.0 Å². The molecule has 0 amide bonds. The van der Waals surface area contributed by atoms with E-state index in [4.69, 9.17) is 5.73 Å². The molecule has 4 N–H and O–H groups in total. The third kappa shape index (κ3) is 3.33. The van der Waals surface area contributed by atoms with E-state index in [9.17, 15) is 13.5 Å². The minimum atomic E-state index is -3.67. The van der Waals surface area contributed by atoms with Crippen LogP contribution in [0.4, 0.5) is 5.69 Å². The van der Waals surface area contributed by atoms with Gasteiger partial charge in [-0.2, -0.15) is 0 Å². The van der Waals surface area contributed by atoms with Crippen LogP contribution in [0, 0.1) is 5.41 Å². The Bertz CT molecular complexity index is 583. The number of nitrogen functional groups attached to an aromatic ring is 1. The summed E-state index contributed by atoms with van der Waals surface area (Å²) in [5.74, 6) is 0. The van der Waals surface area contributed by atoms with E-state index in [1.165, 1.54) is 6.07 Å². The van der Waals surface area contributed by atoms with E-state index >= 15 is 0 Å². The van der Waals surface area contributed by atoms with E-state index < -0.39 is 10.0 Å². The molecule has 112 valence electrons. The Morgan fingerprint density at radius 3 is 2.60 bits per heavy atom. The van der Waals surface area contributed by atoms with E-state index in [1.807, 2.05) is 0 Å². The van der Waals surface area contributed by atoms with Crippen LogP contribution in [0.25, 0.3) is 0 Å². The first-order valence-corrected chi connectivity index (χ1v) is 8.82. The van der Waals surface area contributed by atoms with Crippen molar-refractivity contribution in [3.8, 4) is 0 Å². The Balaban J connectivity index is 2.17. The highest BCUT2D eigenvalue weighted by molar-refractivity contribution is 9.10. The van der Waals surface area contributed by atoms with Crippen LogP contribution in [-0.2, 0) is 10.0 Å². The number of halogens is 1. The van der Waals surface area contributed by atoms with E-state index in [0.29, 0.717) is 4.47 Å². The van der Waals surface area contributed by atoms with Gasteiger partial charge in [0.15, 0.2) is 0 Å². The Morgan fingerprint density at radius 2 is 2.00 bits per heavy atom. The van der Waals surface area contributed by atoms with Gasteiger partial charge < -0.3 is 10.8 Å². The average molecular weight is 363 g/mol. The molecule has 0 radical (unpaired) electrons. The van der Waals surface area contributed by atoms with Crippen LogP contribution >= 0.6 is 15.9 Å². The first-order chi connectivity index (χ1) is 9.38. The SMILES string of the molecule is Nc1ccc(Br)cc1S(=O)(=O)NCC1(CO)CCCC1. The Hall–Kier alpha value is -0.630. The quantitative estimate of drug-likeness (QED) is 0.697. The minimum absolute atomic E-state index is 0.00346. The highest BCUT2D eigenvalue weighted by Gasteiger charge is 2.34. The molecule has 0 unspecified atom stereocenters. The van der Waals surface area contributed by atoms with E-state index in [0.717, 1.165) is 25.7 Å². The molecular weight excluding hydrogens is 344 g/mol. The molecule has 0 saturated heterocycles. The van der Waals surface area contributed by atoms with Crippen LogP contribution < -0.4 is 10.5 Å². The van der Waals surface area contributed by atoms with Gasteiger partial charge in [-0.15, -0.1) is 0 Å². The van der Waals surface area contributed by atoms with Crippen LogP contribution in [0.15, 0.2) is 27.6 Å². The standard InChI is InChI=1S/C13H19BrN2O3S/c14-10-3-4-11(15)12(7-10)20(18,19)16-8-13(9-17)5-1-2-6-13/h3-4,7,16-17H,1-2,5-6,8-9,15H2. The normalized spacial score (nSPS) is 18.3. The number of anilines is 1. The highest BCUT2D eigenvalue weighted by atomic mass is 79.9. The number of benzene rings is 1. The number of sulfonamides is 1. The molecular formula is C13H19BrN2O3S. The van der Waals surface area contributed by atoms with Crippen LogP contribution in [0.2, 0.25) is 0 Å². The van der Waals surface area contributed by atoms with Crippen molar-refractivity contribution in [2.75, 3.05) is 18.9 Å². The summed E-state index contributed by atoms with van der Waals surface area (Å²) in [7, 11) is -3.67. The predicted molar refractivity (Wildman–Crippen MR) is 81.7 cm³/mol. The zero-order valence-electron chi connectivity index (χ0n) is 11.1. The van der Waals surface area contributed by atoms with Gasteiger partial charge in [0.25, 0.3) is 0 Å². The monoisotopic (exact) mass is 362 g/mol. The lowest BCUT2D eigenvalue weighted by molar-refractivity contribution is 0.134. The predicted octanol–water partition coefficient (Wildman–Crippen LogP) is 1.86. The summed E-state index contributed by atoms with van der Waals surface area (Å²) >= 11 is 3.24. The molecule has 1 fully saturated rings. The zero-order valence-corrected chi connectivity index (χ0v) is 13.5. The maximum Gasteiger partial charge on any atom is 0.242 e. The minimum Gasteiger partial charge on any atom is -0.398 e. The average Bonchev–Trinajstić information content (AvgIpc) is 2.89. The van der Waals surface area contributed by atoms with Crippen LogP contribution in [0.1, 0.15) is 25.7 Å². The van der Waals surface area contributed by atoms with Gasteiger partial charge in [0.2, 0.25) is 10.0 Å². The molecule has 1 aliphatic carbocycles. The lowest BCUT2D eigenvalue weighted by Crippen LogP contribution is -2.38. The summed E-state index contributed by atoms with van der Waals surface area (Å²) in [6.07, 6.45) is 3.75. The van der Waals surface area contributed by atoms with Gasteiger partial charge in [0.1, 0.15) is 4.90 Å². The van der Waals surface area contributed by atoms with Crippen molar-refractivity contribution in [2.24, 2.45) is 5.41 Å². The second kappa shape index (κ2) is 6.01. The fraction of sp³-hybridized carbons (Fsp3) is 0.538. The summed E-state index contributed by atoms with van der Waals surface area (Å²) in [6.45, 7) is 0.251. The van der Waals surface area contributed by atoms with E-state index in [1.54, 1.807) is 12.1 Å². The number of aliphatic hydroxyl groups is 1. The molecule has 5 nitrogen and oxygen atoms in total. The fourth-order valence-corrected chi connectivity index (χ4v) is 4.41. The molecule has 20 heavy (non-hydrogen) atoms. The van der Waals surface area contributed by atoms with Gasteiger partial charge in [-0.1, -0.05) is 28.8 Å². The molecule has 0 aromatic heterocycles. The van der Waals surface area contributed by atoms with Crippen molar-refractivity contribution in [1.82, 2.24) is 4.72 Å². The molecule has 7 heteroatoms. The fourth-order valence-electron chi connectivity index (χ4n) is 2.58. The summed E-state index contributed by atoms with van der Waals surface area (Å²) in [5, 5.41) is 9.52. The molecule has 2 rings (SSSR count). The molecule has 1 aromatic rings. The smallest absolute Gasteiger partial charge is 0.242 e. The zero-order chi connectivity index (χ0) is 14.8. The van der Waals surface area contributed by atoms with Crippen molar-refractivity contribution in [1.29, 1.82) is 0 Å². The van der Waals surface area contributed by atoms with Crippen LogP contribution in [-0.4, -0.2) is 26.7 Å². The molecule has 0 spiro atoms. The summed E-state index contributed by atoms with van der Waals surface area (Å²) in [6, 6.07) is 4.73. The summed E-state index contributed by atoms with van der Waals surface area (Å²) < 4.78 is 27.9. The van der Waals surface area contributed by atoms with Gasteiger partial charge in [0.05, 0.1) is 5.69 Å². The molecule has 0 heterocycles. The number of nitrogens with one attached hydrogen (secondary N) is 1. The number of rotatable bonds is 5. The third-order valence-corrected chi connectivity index (χ3v) is 5.85. The van der Waals surface area contributed by atoms with Crippen molar-refractivity contribution < 1.29 is 13.5 Å². The van der Waals surface area contributed by atoms with Crippen molar-refractivity contribution in [3.63, 3.8) is 0 Å². The van der Waals surface area contributed by atoms with Gasteiger partial charge in [-0.3, -0.25) is 0 Å². The molecule has 0 bridgehead atoms. The Labute approximate surface area is 127 Å². The second-order valence-electron chi connectivity index (χ2n) is 5.37. The molecule has 0 aliphatic heterocycles. The third-order valence-electron chi connectivity index (χ3n) is 3.90. The summed E-state index contributed by atoms with van der Waals surface area (Å²) in [5.41, 5.74) is 5.62. The first kappa shape index (κ1) is 15.8. The Kier molecular flexibility index (Phi) is 4.73.